The topological polar surface area (TPSA) is 33.1 Å². The first-order valence-electron chi connectivity index (χ1n) is 6.47. The normalized spacial score (nSPS) is 12.4. The van der Waals surface area contributed by atoms with E-state index in [-0.39, 0.29) is 5.54 Å². The third kappa shape index (κ3) is 3.54. The molecule has 1 heterocycles. The summed E-state index contributed by atoms with van der Waals surface area (Å²) >= 11 is 0. The van der Waals surface area contributed by atoms with Crippen LogP contribution >= 0.6 is 0 Å². The molecule has 4 nitrogen and oxygen atoms in total. The number of imidazole rings is 1. The second kappa shape index (κ2) is 6.17. The van der Waals surface area contributed by atoms with Crippen LogP contribution in [-0.2, 0) is 12.1 Å². The molecule has 1 aromatic rings. The van der Waals surface area contributed by atoms with Crippen LogP contribution in [-0.4, -0.2) is 41.1 Å². The average molecular weight is 238 g/mol. The highest BCUT2D eigenvalue weighted by molar-refractivity contribution is 5.10. The van der Waals surface area contributed by atoms with Gasteiger partial charge in [-0.3, -0.25) is 0 Å². The van der Waals surface area contributed by atoms with Crippen LogP contribution in [0, 0.1) is 0 Å². The van der Waals surface area contributed by atoms with Crippen LogP contribution in [0.3, 0.4) is 0 Å². The number of rotatable bonds is 7. The van der Waals surface area contributed by atoms with Crippen molar-refractivity contribution in [3.8, 4) is 0 Å². The van der Waals surface area contributed by atoms with Crippen molar-refractivity contribution < 1.29 is 0 Å². The first kappa shape index (κ1) is 14.2. The monoisotopic (exact) mass is 238 g/mol. The lowest BCUT2D eigenvalue weighted by molar-refractivity contribution is 0.284. The highest BCUT2D eigenvalue weighted by Gasteiger charge is 2.21. The number of hydrogen-bond acceptors (Lipinski definition) is 3. The molecule has 0 amide bonds. The number of nitrogens with zero attached hydrogens (tertiary/aromatic N) is 3. The van der Waals surface area contributed by atoms with Crippen LogP contribution in [0.15, 0.2) is 12.5 Å². The van der Waals surface area contributed by atoms with E-state index in [0.29, 0.717) is 0 Å². The molecular formula is C13H26N4. The van der Waals surface area contributed by atoms with Gasteiger partial charge in [0, 0.05) is 19.3 Å². The number of likely N-dealkylation sites (N-methyl/N-ethyl adjacent to an activating group) is 1. The van der Waals surface area contributed by atoms with E-state index in [9.17, 15) is 0 Å². The lowest BCUT2D eigenvalue weighted by Gasteiger charge is -2.26. The van der Waals surface area contributed by atoms with E-state index in [0.717, 1.165) is 26.2 Å². The Labute approximate surface area is 105 Å². The van der Waals surface area contributed by atoms with Gasteiger partial charge in [-0.2, -0.15) is 0 Å². The zero-order chi connectivity index (χ0) is 12.9. The smallest absolute Gasteiger partial charge is 0.0949 e. The average Bonchev–Trinajstić information content (AvgIpc) is 2.79. The van der Waals surface area contributed by atoms with Gasteiger partial charge < -0.3 is 14.8 Å². The van der Waals surface area contributed by atoms with E-state index in [2.05, 4.69) is 47.5 Å². The molecule has 0 bridgehead atoms. The number of aromatic nitrogens is 2. The van der Waals surface area contributed by atoms with Crippen molar-refractivity contribution in [1.29, 1.82) is 0 Å². The van der Waals surface area contributed by atoms with E-state index < -0.39 is 0 Å². The van der Waals surface area contributed by atoms with E-state index >= 15 is 0 Å². The van der Waals surface area contributed by atoms with Crippen molar-refractivity contribution in [2.24, 2.45) is 0 Å². The Morgan fingerprint density at radius 3 is 2.53 bits per heavy atom. The predicted octanol–water partition coefficient (Wildman–Crippen LogP) is 1.68. The third-order valence-electron chi connectivity index (χ3n) is 3.53. The highest BCUT2D eigenvalue weighted by Crippen LogP contribution is 2.18. The van der Waals surface area contributed by atoms with Crippen molar-refractivity contribution >= 4 is 0 Å². The van der Waals surface area contributed by atoms with Gasteiger partial charge in [-0.25, -0.2) is 4.98 Å². The van der Waals surface area contributed by atoms with Crippen LogP contribution in [0.5, 0.6) is 0 Å². The lowest BCUT2D eigenvalue weighted by Crippen LogP contribution is -2.36. The minimum absolute atomic E-state index is 0.0280. The van der Waals surface area contributed by atoms with Crippen molar-refractivity contribution in [2.45, 2.75) is 39.8 Å². The van der Waals surface area contributed by atoms with Crippen LogP contribution in [0.4, 0.5) is 0 Å². The van der Waals surface area contributed by atoms with Gasteiger partial charge in [0.15, 0.2) is 0 Å². The molecule has 0 radical (unpaired) electrons. The Balaban J connectivity index is 2.70. The summed E-state index contributed by atoms with van der Waals surface area (Å²) in [5.74, 6) is 0. The largest absolute Gasteiger partial charge is 0.332 e. The van der Waals surface area contributed by atoms with Gasteiger partial charge in [-0.15, -0.1) is 0 Å². The third-order valence-corrected chi connectivity index (χ3v) is 3.53. The summed E-state index contributed by atoms with van der Waals surface area (Å²) in [6.45, 7) is 13.1. The maximum Gasteiger partial charge on any atom is 0.0949 e. The Morgan fingerprint density at radius 2 is 2.00 bits per heavy atom. The molecule has 0 aromatic carbocycles. The summed E-state index contributed by atoms with van der Waals surface area (Å²) in [6.07, 6.45) is 3.89. The molecule has 0 spiro atoms. The fraction of sp³-hybridized carbons (Fsp3) is 0.769. The number of hydrogen-bond donors (Lipinski definition) is 1. The molecule has 1 aromatic heterocycles. The second-order valence-corrected chi connectivity index (χ2v) is 4.87. The van der Waals surface area contributed by atoms with Crippen LogP contribution in [0.25, 0.3) is 0 Å². The van der Waals surface area contributed by atoms with Gasteiger partial charge in [0.1, 0.15) is 0 Å². The molecule has 0 unspecified atom stereocenters. The molecule has 0 aliphatic rings. The van der Waals surface area contributed by atoms with Gasteiger partial charge in [-0.05, 0) is 34.0 Å². The molecule has 0 atom stereocenters. The van der Waals surface area contributed by atoms with Gasteiger partial charge >= 0.3 is 0 Å². The summed E-state index contributed by atoms with van der Waals surface area (Å²) in [5.41, 5.74) is 1.21. The summed E-state index contributed by atoms with van der Waals surface area (Å²) in [7, 11) is 1.99. The van der Waals surface area contributed by atoms with Gasteiger partial charge in [0.2, 0.25) is 0 Å². The highest BCUT2D eigenvalue weighted by atomic mass is 15.2. The van der Waals surface area contributed by atoms with Crippen LogP contribution in [0.2, 0.25) is 0 Å². The molecule has 4 heteroatoms. The first-order chi connectivity index (χ1) is 8.05. The van der Waals surface area contributed by atoms with E-state index in [1.165, 1.54) is 5.69 Å². The first-order valence-corrected chi connectivity index (χ1v) is 6.47. The molecule has 1 N–H and O–H groups in total. The van der Waals surface area contributed by atoms with Crippen molar-refractivity contribution in [2.75, 3.05) is 26.7 Å². The molecular weight excluding hydrogens is 212 g/mol. The summed E-state index contributed by atoms with van der Waals surface area (Å²) in [5, 5.41) is 3.33. The Kier molecular flexibility index (Phi) is 5.15. The Bertz CT molecular complexity index is 326. The molecule has 98 valence electrons. The zero-order valence-electron chi connectivity index (χ0n) is 11.8. The van der Waals surface area contributed by atoms with Crippen LogP contribution in [0.1, 0.15) is 33.4 Å². The van der Waals surface area contributed by atoms with E-state index in [4.69, 9.17) is 0 Å². The summed E-state index contributed by atoms with van der Waals surface area (Å²) in [6, 6.07) is 0. The fourth-order valence-corrected chi connectivity index (χ4v) is 1.94. The molecule has 0 saturated heterocycles. The predicted molar refractivity (Wildman–Crippen MR) is 72.1 cm³/mol. The quantitative estimate of drug-likeness (QED) is 0.784. The summed E-state index contributed by atoms with van der Waals surface area (Å²) in [4.78, 5) is 6.70. The lowest BCUT2D eigenvalue weighted by atomic mass is 10.0. The van der Waals surface area contributed by atoms with E-state index in [1.54, 1.807) is 0 Å². The second-order valence-electron chi connectivity index (χ2n) is 4.87. The molecule has 1 rings (SSSR count). The summed E-state index contributed by atoms with van der Waals surface area (Å²) < 4.78 is 2.24. The Hall–Kier alpha value is -0.870. The molecule has 0 aliphatic heterocycles. The standard InChI is InChI=1S/C13H26N4/c1-6-16(7-2)8-9-17-11-15-10-12(17)13(3,4)14-5/h10-11,14H,6-9H2,1-5H3. The molecule has 17 heavy (non-hydrogen) atoms. The van der Waals surface area contributed by atoms with Crippen molar-refractivity contribution in [3.63, 3.8) is 0 Å². The van der Waals surface area contributed by atoms with Crippen molar-refractivity contribution in [1.82, 2.24) is 19.8 Å². The van der Waals surface area contributed by atoms with Crippen molar-refractivity contribution in [3.05, 3.63) is 18.2 Å². The van der Waals surface area contributed by atoms with Crippen LogP contribution < -0.4 is 5.32 Å². The van der Waals surface area contributed by atoms with Gasteiger partial charge in [0.25, 0.3) is 0 Å². The molecule has 0 saturated carbocycles. The number of nitrogens with one attached hydrogen (secondary N) is 1. The zero-order valence-corrected chi connectivity index (χ0v) is 11.8. The Morgan fingerprint density at radius 1 is 1.35 bits per heavy atom. The van der Waals surface area contributed by atoms with Gasteiger partial charge in [0.05, 0.1) is 17.6 Å². The minimum atomic E-state index is -0.0280. The van der Waals surface area contributed by atoms with Gasteiger partial charge in [-0.1, -0.05) is 13.8 Å². The fourth-order valence-electron chi connectivity index (χ4n) is 1.94. The molecule has 0 aliphatic carbocycles. The SMILES string of the molecule is CCN(CC)CCn1cncc1C(C)(C)NC. The van der Waals surface area contributed by atoms with E-state index in [1.807, 2.05) is 19.6 Å². The maximum atomic E-state index is 4.27. The molecule has 0 fully saturated rings. The maximum absolute atomic E-state index is 4.27. The minimum Gasteiger partial charge on any atom is -0.332 e.